The standard InChI is InChI=1S/C15H17N3O2/c1-15(10-19,12-5-3-2-4-6-12)18-13-8-7-11(9-17-13)14(16)20/h2-9,19H,10H2,1H3,(H2,16,20)(H,17,18). The Morgan fingerprint density at radius 3 is 2.50 bits per heavy atom. The zero-order valence-corrected chi connectivity index (χ0v) is 11.2. The highest BCUT2D eigenvalue weighted by Crippen LogP contribution is 2.24. The van der Waals surface area contributed by atoms with E-state index in [1.165, 1.54) is 6.20 Å². The molecule has 0 aliphatic carbocycles. The van der Waals surface area contributed by atoms with E-state index in [4.69, 9.17) is 5.73 Å². The lowest BCUT2D eigenvalue weighted by atomic mass is 9.93. The molecular formula is C15H17N3O2. The van der Waals surface area contributed by atoms with Crippen LogP contribution in [0.1, 0.15) is 22.8 Å². The van der Waals surface area contributed by atoms with Crippen LogP contribution in [0.15, 0.2) is 48.7 Å². The number of benzene rings is 1. The minimum absolute atomic E-state index is 0.0870. The van der Waals surface area contributed by atoms with E-state index in [0.717, 1.165) is 5.56 Å². The second-order valence-electron chi connectivity index (χ2n) is 4.78. The third-order valence-corrected chi connectivity index (χ3v) is 3.18. The first-order chi connectivity index (χ1) is 9.55. The van der Waals surface area contributed by atoms with Gasteiger partial charge in [0.15, 0.2) is 0 Å². The largest absolute Gasteiger partial charge is 0.394 e. The first kappa shape index (κ1) is 14.0. The Kier molecular flexibility index (Phi) is 4.00. The van der Waals surface area contributed by atoms with Gasteiger partial charge in [-0.1, -0.05) is 30.3 Å². The first-order valence-electron chi connectivity index (χ1n) is 6.25. The lowest BCUT2D eigenvalue weighted by molar-refractivity contribution is 0.1000. The van der Waals surface area contributed by atoms with Gasteiger partial charge in [0.05, 0.1) is 17.7 Å². The molecule has 1 amide bonds. The Morgan fingerprint density at radius 1 is 1.30 bits per heavy atom. The molecule has 0 saturated carbocycles. The van der Waals surface area contributed by atoms with Crippen molar-refractivity contribution in [2.45, 2.75) is 12.5 Å². The summed E-state index contributed by atoms with van der Waals surface area (Å²) < 4.78 is 0. The van der Waals surface area contributed by atoms with E-state index in [9.17, 15) is 9.90 Å². The number of nitrogens with two attached hydrogens (primary N) is 1. The molecule has 5 heteroatoms. The maximum Gasteiger partial charge on any atom is 0.250 e. The Labute approximate surface area is 117 Å². The highest BCUT2D eigenvalue weighted by Gasteiger charge is 2.25. The van der Waals surface area contributed by atoms with Crippen molar-refractivity contribution in [3.63, 3.8) is 0 Å². The molecule has 1 unspecified atom stereocenters. The van der Waals surface area contributed by atoms with Crippen molar-refractivity contribution < 1.29 is 9.90 Å². The number of aliphatic hydroxyl groups is 1. The SMILES string of the molecule is CC(CO)(Nc1ccc(C(N)=O)cn1)c1ccccc1. The van der Waals surface area contributed by atoms with Gasteiger partial charge in [0.2, 0.25) is 5.91 Å². The topological polar surface area (TPSA) is 88.2 Å². The van der Waals surface area contributed by atoms with Gasteiger partial charge in [-0.25, -0.2) is 4.98 Å². The molecule has 2 aromatic rings. The zero-order valence-electron chi connectivity index (χ0n) is 11.2. The number of aromatic nitrogens is 1. The van der Waals surface area contributed by atoms with Crippen molar-refractivity contribution in [3.8, 4) is 0 Å². The summed E-state index contributed by atoms with van der Waals surface area (Å²) in [6.45, 7) is 1.79. The van der Waals surface area contributed by atoms with Gasteiger partial charge in [0.1, 0.15) is 5.82 Å². The average Bonchev–Trinajstić information content (AvgIpc) is 2.48. The Balaban J connectivity index is 2.24. The molecule has 1 heterocycles. The van der Waals surface area contributed by atoms with Crippen molar-refractivity contribution in [1.29, 1.82) is 0 Å². The molecule has 0 aliphatic heterocycles. The van der Waals surface area contributed by atoms with Crippen LogP contribution >= 0.6 is 0 Å². The fourth-order valence-corrected chi connectivity index (χ4v) is 1.91. The summed E-state index contributed by atoms with van der Waals surface area (Å²) in [5.74, 6) is 0.0485. The summed E-state index contributed by atoms with van der Waals surface area (Å²) in [4.78, 5) is 15.1. The van der Waals surface area contributed by atoms with E-state index in [1.807, 2.05) is 37.3 Å². The molecule has 1 atom stereocenters. The molecule has 0 saturated heterocycles. The lowest BCUT2D eigenvalue weighted by Gasteiger charge is -2.30. The van der Waals surface area contributed by atoms with Crippen LogP contribution in [0.25, 0.3) is 0 Å². The molecule has 0 aliphatic rings. The van der Waals surface area contributed by atoms with Crippen LogP contribution in [0.3, 0.4) is 0 Å². The number of nitrogens with one attached hydrogen (secondary N) is 1. The number of hydrogen-bond donors (Lipinski definition) is 3. The van der Waals surface area contributed by atoms with Crippen LogP contribution in [0.4, 0.5) is 5.82 Å². The van der Waals surface area contributed by atoms with Crippen LogP contribution < -0.4 is 11.1 Å². The van der Waals surface area contributed by atoms with Crippen LogP contribution in [0, 0.1) is 0 Å². The number of nitrogens with zero attached hydrogens (tertiary/aromatic N) is 1. The maximum atomic E-state index is 11.0. The predicted octanol–water partition coefficient (Wildman–Crippen LogP) is 1.50. The summed E-state index contributed by atoms with van der Waals surface area (Å²) in [7, 11) is 0. The zero-order chi connectivity index (χ0) is 14.6. The number of pyridine rings is 1. The fourth-order valence-electron chi connectivity index (χ4n) is 1.91. The molecule has 1 aromatic carbocycles. The van der Waals surface area contributed by atoms with Crippen LogP contribution in [0.2, 0.25) is 0 Å². The molecule has 0 radical (unpaired) electrons. The normalized spacial score (nSPS) is 13.5. The van der Waals surface area contributed by atoms with Gasteiger partial charge in [-0.3, -0.25) is 4.79 Å². The predicted molar refractivity (Wildman–Crippen MR) is 77.3 cm³/mol. The summed E-state index contributed by atoms with van der Waals surface area (Å²) in [5.41, 5.74) is 5.81. The number of carbonyl (C=O) groups is 1. The summed E-state index contributed by atoms with van der Waals surface area (Å²) in [6, 6.07) is 12.9. The highest BCUT2D eigenvalue weighted by molar-refractivity contribution is 5.92. The van der Waals surface area contributed by atoms with E-state index in [2.05, 4.69) is 10.3 Å². The number of hydrogen-bond acceptors (Lipinski definition) is 4. The third-order valence-electron chi connectivity index (χ3n) is 3.18. The number of rotatable bonds is 5. The molecule has 1 aromatic heterocycles. The van der Waals surface area contributed by atoms with Crippen LogP contribution in [-0.4, -0.2) is 22.6 Å². The lowest BCUT2D eigenvalue weighted by Crippen LogP contribution is -2.36. The minimum Gasteiger partial charge on any atom is -0.394 e. The maximum absolute atomic E-state index is 11.0. The molecule has 0 spiro atoms. The van der Waals surface area contributed by atoms with Crippen molar-refractivity contribution in [1.82, 2.24) is 4.98 Å². The minimum atomic E-state index is -0.650. The van der Waals surface area contributed by atoms with E-state index in [-0.39, 0.29) is 6.61 Å². The number of amides is 1. The van der Waals surface area contributed by atoms with Crippen molar-refractivity contribution in [3.05, 3.63) is 59.8 Å². The van der Waals surface area contributed by atoms with Gasteiger partial charge in [0.25, 0.3) is 0 Å². The second kappa shape index (κ2) is 5.71. The average molecular weight is 271 g/mol. The molecule has 5 nitrogen and oxygen atoms in total. The Hall–Kier alpha value is -2.40. The van der Waals surface area contributed by atoms with Gasteiger partial charge in [0, 0.05) is 6.20 Å². The second-order valence-corrected chi connectivity index (χ2v) is 4.78. The Bertz CT molecular complexity index is 584. The molecule has 2 rings (SSSR count). The van der Waals surface area contributed by atoms with Gasteiger partial charge in [-0.2, -0.15) is 0 Å². The molecular weight excluding hydrogens is 254 g/mol. The van der Waals surface area contributed by atoms with Crippen molar-refractivity contribution >= 4 is 11.7 Å². The third kappa shape index (κ3) is 2.95. The van der Waals surface area contributed by atoms with Crippen LogP contribution in [0.5, 0.6) is 0 Å². The molecule has 0 bridgehead atoms. The van der Waals surface area contributed by atoms with E-state index in [1.54, 1.807) is 12.1 Å². The number of anilines is 1. The molecule has 4 N–H and O–H groups in total. The van der Waals surface area contributed by atoms with Gasteiger partial charge < -0.3 is 16.2 Å². The summed E-state index contributed by atoms with van der Waals surface area (Å²) in [5, 5.41) is 12.9. The monoisotopic (exact) mass is 271 g/mol. The fraction of sp³-hybridized carbons (Fsp3) is 0.200. The highest BCUT2D eigenvalue weighted by atomic mass is 16.3. The molecule has 20 heavy (non-hydrogen) atoms. The smallest absolute Gasteiger partial charge is 0.250 e. The van der Waals surface area contributed by atoms with Gasteiger partial charge in [-0.05, 0) is 24.6 Å². The summed E-state index contributed by atoms with van der Waals surface area (Å²) in [6.07, 6.45) is 1.41. The first-order valence-corrected chi connectivity index (χ1v) is 6.25. The van der Waals surface area contributed by atoms with Gasteiger partial charge >= 0.3 is 0 Å². The Morgan fingerprint density at radius 2 is 2.00 bits per heavy atom. The number of primary amides is 1. The van der Waals surface area contributed by atoms with E-state index >= 15 is 0 Å². The van der Waals surface area contributed by atoms with E-state index in [0.29, 0.717) is 11.4 Å². The molecule has 0 fully saturated rings. The van der Waals surface area contributed by atoms with Crippen molar-refractivity contribution in [2.24, 2.45) is 5.73 Å². The quantitative estimate of drug-likeness (QED) is 0.769. The summed E-state index contributed by atoms with van der Waals surface area (Å²) >= 11 is 0. The number of carbonyl (C=O) groups excluding carboxylic acids is 1. The van der Waals surface area contributed by atoms with Crippen molar-refractivity contribution in [2.75, 3.05) is 11.9 Å². The van der Waals surface area contributed by atoms with Gasteiger partial charge in [-0.15, -0.1) is 0 Å². The van der Waals surface area contributed by atoms with Crippen LogP contribution in [-0.2, 0) is 5.54 Å². The van der Waals surface area contributed by atoms with E-state index < -0.39 is 11.4 Å². The number of aliphatic hydroxyl groups excluding tert-OH is 1. The molecule has 104 valence electrons.